The van der Waals surface area contributed by atoms with Gasteiger partial charge in [-0.25, -0.2) is 4.98 Å². The number of hydrogen-bond donors (Lipinski definition) is 1. The van der Waals surface area contributed by atoms with Crippen molar-refractivity contribution in [3.8, 4) is 28.5 Å². The van der Waals surface area contributed by atoms with Gasteiger partial charge < -0.3 is 9.52 Å². The maximum absolute atomic E-state index is 9.53. The zero-order valence-corrected chi connectivity index (χ0v) is 12.8. The quantitative estimate of drug-likeness (QED) is 0.528. The van der Waals surface area contributed by atoms with E-state index in [1.807, 2.05) is 48.5 Å². The van der Waals surface area contributed by atoms with Crippen molar-refractivity contribution < 1.29 is 9.52 Å². The first-order valence-corrected chi connectivity index (χ1v) is 7.51. The van der Waals surface area contributed by atoms with E-state index in [1.54, 1.807) is 18.4 Å². The minimum Gasteiger partial charge on any atom is -0.508 e. The lowest BCUT2D eigenvalue weighted by Gasteiger charge is -2.01. The molecule has 4 rings (SSSR count). The highest BCUT2D eigenvalue weighted by Gasteiger charge is 2.09. The second-order valence-electron chi connectivity index (χ2n) is 5.29. The minimum absolute atomic E-state index is 0.256. The Morgan fingerprint density at radius 1 is 0.826 bits per heavy atom. The lowest BCUT2D eigenvalue weighted by Crippen LogP contribution is -1.81. The highest BCUT2D eigenvalue weighted by Crippen LogP contribution is 2.29. The molecular formula is C19H12ClNO2. The highest BCUT2D eigenvalue weighted by atomic mass is 35.5. The third kappa shape index (κ3) is 2.67. The Bertz CT molecular complexity index is 990. The van der Waals surface area contributed by atoms with Gasteiger partial charge in [-0.05, 0) is 47.2 Å². The summed E-state index contributed by atoms with van der Waals surface area (Å²) in [7, 11) is 0. The van der Waals surface area contributed by atoms with E-state index in [0.29, 0.717) is 10.9 Å². The van der Waals surface area contributed by atoms with E-state index in [1.165, 1.54) is 0 Å². The van der Waals surface area contributed by atoms with Gasteiger partial charge in [-0.2, -0.15) is 0 Å². The van der Waals surface area contributed by atoms with Crippen molar-refractivity contribution in [2.24, 2.45) is 0 Å². The van der Waals surface area contributed by atoms with Gasteiger partial charge in [0.25, 0.3) is 0 Å². The number of aromatic nitrogens is 1. The van der Waals surface area contributed by atoms with Crippen LogP contribution in [0.3, 0.4) is 0 Å². The topological polar surface area (TPSA) is 46.3 Å². The SMILES string of the molecule is Oc1ccc2cc(-c3nc(-c4ccc(Cl)cc4)co3)ccc2c1. The molecule has 0 unspecified atom stereocenters. The first kappa shape index (κ1) is 13.9. The van der Waals surface area contributed by atoms with Crippen molar-refractivity contribution in [2.45, 2.75) is 0 Å². The number of aromatic hydroxyl groups is 1. The van der Waals surface area contributed by atoms with Crippen molar-refractivity contribution in [3.05, 3.63) is 71.9 Å². The Morgan fingerprint density at radius 3 is 2.35 bits per heavy atom. The molecule has 1 N–H and O–H groups in total. The second-order valence-corrected chi connectivity index (χ2v) is 5.73. The maximum atomic E-state index is 9.53. The normalized spacial score (nSPS) is 11.0. The van der Waals surface area contributed by atoms with Crippen LogP contribution in [-0.4, -0.2) is 10.1 Å². The zero-order chi connectivity index (χ0) is 15.8. The predicted molar refractivity (Wildman–Crippen MR) is 91.6 cm³/mol. The summed E-state index contributed by atoms with van der Waals surface area (Å²) in [6.07, 6.45) is 1.64. The number of hydrogen-bond acceptors (Lipinski definition) is 3. The Kier molecular flexibility index (Phi) is 3.28. The third-order valence-electron chi connectivity index (χ3n) is 3.71. The average Bonchev–Trinajstić information content (AvgIpc) is 3.05. The summed E-state index contributed by atoms with van der Waals surface area (Å²) in [4.78, 5) is 4.55. The number of phenolic OH excluding ortho intramolecular Hbond substituents is 1. The number of rotatable bonds is 2. The van der Waals surface area contributed by atoms with Crippen molar-refractivity contribution in [1.29, 1.82) is 0 Å². The van der Waals surface area contributed by atoms with E-state index >= 15 is 0 Å². The van der Waals surface area contributed by atoms with Crippen LogP contribution in [0.15, 0.2) is 71.3 Å². The van der Waals surface area contributed by atoms with Gasteiger partial charge in [0.05, 0.1) is 0 Å². The van der Waals surface area contributed by atoms with E-state index in [9.17, 15) is 5.11 Å². The van der Waals surface area contributed by atoms with Crippen molar-refractivity contribution in [3.63, 3.8) is 0 Å². The molecule has 0 saturated carbocycles. The molecule has 3 nitrogen and oxygen atoms in total. The molecule has 23 heavy (non-hydrogen) atoms. The molecule has 0 fully saturated rings. The number of benzene rings is 3. The smallest absolute Gasteiger partial charge is 0.226 e. The lowest BCUT2D eigenvalue weighted by atomic mass is 10.1. The molecule has 3 aromatic carbocycles. The molecule has 4 aromatic rings. The molecule has 0 radical (unpaired) electrons. The molecule has 0 atom stereocenters. The monoisotopic (exact) mass is 321 g/mol. The van der Waals surface area contributed by atoms with Gasteiger partial charge in [-0.1, -0.05) is 35.9 Å². The molecular weight excluding hydrogens is 310 g/mol. The van der Waals surface area contributed by atoms with E-state index in [2.05, 4.69) is 4.98 Å². The van der Waals surface area contributed by atoms with Gasteiger partial charge in [0, 0.05) is 16.1 Å². The first-order chi connectivity index (χ1) is 11.2. The third-order valence-corrected chi connectivity index (χ3v) is 3.97. The number of fused-ring (bicyclic) bond motifs is 1. The summed E-state index contributed by atoms with van der Waals surface area (Å²) < 4.78 is 5.61. The molecule has 0 aliphatic heterocycles. The van der Waals surface area contributed by atoms with Crippen LogP contribution in [0.1, 0.15) is 0 Å². The fourth-order valence-corrected chi connectivity index (χ4v) is 2.65. The molecule has 0 bridgehead atoms. The fraction of sp³-hybridized carbons (Fsp3) is 0. The summed E-state index contributed by atoms with van der Waals surface area (Å²) in [5.74, 6) is 0.816. The lowest BCUT2D eigenvalue weighted by molar-refractivity contribution is 0.476. The van der Waals surface area contributed by atoms with Gasteiger partial charge in [0.2, 0.25) is 5.89 Å². The minimum atomic E-state index is 0.256. The Labute approximate surface area is 137 Å². The van der Waals surface area contributed by atoms with Crippen LogP contribution in [-0.2, 0) is 0 Å². The standard InChI is InChI=1S/C19H12ClNO2/c20-16-6-3-12(4-7-16)18-11-23-19(21-18)15-2-1-14-10-17(22)8-5-13(14)9-15/h1-11,22H. The number of oxazole rings is 1. The molecule has 0 spiro atoms. The molecule has 0 saturated heterocycles. The summed E-state index contributed by atoms with van der Waals surface area (Å²) in [6.45, 7) is 0. The second kappa shape index (κ2) is 5.45. The van der Waals surface area contributed by atoms with Crippen LogP contribution in [0.2, 0.25) is 5.02 Å². The van der Waals surface area contributed by atoms with E-state index in [-0.39, 0.29) is 5.75 Å². The van der Waals surface area contributed by atoms with Crippen LogP contribution >= 0.6 is 11.6 Å². The first-order valence-electron chi connectivity index (χ1n) is 7.14. The number of phenols is 1. The van der Waals surface area contributed by atoms with Crippen LogP contribution in [0.4, 0.5) is 0 Å². The fourth-order valence-electron chi connectivity index (χ4n) is 2.53. The van der Waals surface area contributed by atoms with Crippen LogP contribution < -0.4 is 0 Å². The van der Waals surface area contributed by atoms with Crippen LogP contribution in [0.5, 0.6) is 5.75 Å². The molecule has 112 valence electrons. The van der Waals surface area contributed by atoms with Crippen LogP contribution in [0, 0.1) is 0 Å². The Hall–Kier alpha value is -2.78. The van der Waals surface area contributed by atoms with E-state index < -0.39 is 0 Å². The zero-order valence-electron chi connectivity index (χ0n) is 12.0. The Morgan fingerprint density at radius 2 is 1.52 bits per heavy atom. The summed E-state index contributed by atoms with van der Waals surface area (Å²) >= 11 is 5.91. The van der Waals surface area contributed by atoms with Gasteiger partial charge in [-0.15, -0.1) is 0 Å². The van der Waals surface area contributed by atoms with Crippen molar-refractivity contribution >= 4 is 22.4 Å². The molecule has 0 amide bonds. The van der Waals surface area contributed by atoms with Crippen molar-refractivity contribution in [1.82, 2.24) is 4.98 Å². The highest BCUT2D eigenvalue weighted by molar-refractivity contribution is 6.30. The largest absolute Gasteiger partial charge is 0.508 e. The summed E-state index contributed by atoms with van der Waals surface area (Å²) in [5, 5.41) is 12.2. The predicted octanol–water partition coefficient (Wildman–Crippen LogP) is 5.52. The Balaban J connectivity index is 1.73. The molecule has 1 aromatic heterocycles. The molecule has 0 aliphatic carbocycles. The van der Waals surface area contributed by atoms with Crippen LogP contribution in [0.25, 0.3) is 33.5 Å². The summed E-state index contributed by atoms with van der Waals surface area (Å²) in [5.41, 5.74) is 2.61. The van der Waals surface area contributed by atoms with Gasteiger partial charge in [-0.3, -0.25) is 0 Å². The van der Waals surface area contributed by atoms with Gasteiger partial charge in [0.15, 0.2) is 0 Å². The van der Waals surface area contributed by atoms with Gasteiger partial charge >= 0.3 is 0 Å². The summed E-state index contributed by atoms with van der Waals surface area (Å²) in [6, 6.07) is 18.6. The van der Waals surface area contributed by atoms with Crippen molar-refractivity contribution in [2.75, 3.05) is 0 Å². The van der Waals surface area contributed by atoms with E-state index in [4.69, 9.17) is 16.0 Å². The maximum Gasteiger partial charge on any atom is 0.226 e. The number of halogens is 1. The van der Waals surface area contributed by atoms with Gasteiger partial charge in [0.1, 0.15) is 17.7 Å². The molecule has 4 heteroatoms. The molecule has 1 heterocycles. The molecule has 0 aliphatic rings. The number of nitrogens with zero attached hydrogens (tertiary/aromatic N) is 1. The van der Waals surface area contributed by atoms with E-state index in [0.717, 1.165) is 27.6 Å². The average molecular weight is 322 g/mol.